The molecule has 2 N–H and O–H groups in total. The highest BCUT2D eigenvalue weighted by molar-refractivity contribution is 9.10. The van der Waals surface area contributed by atoms with Crippen LogP contribution in [0.4, 0.5) is 0 Å². The lowest BCUT2D eigenvalue weighted by atomic mass is 10.2. The number of rotatable bonds is 6. The average Bonchev–Trinajstić information content (AvgIpc) is 2.89. The summed E-state index contributed by atoms with van der Waals surface area (Å²) in [4.78, 5) is 0. The first-order chi connectivity index (χ1) is 8.74. The second-order valence-corrected chi connectivity index (χ2v) is 5.72. The number of halogens is 1. The largest absolute Gasteiger partial charge is 0.491 e. The van der Waals surface area contributed by atoms with Gasteiger partial charge in [-0.2, -0.15) is 0 Å². The van der Waals surface area contributed by atoms with Crippen LogP contribution in [0.15, 0.2) is 28.7 Å². The Kier molecular flexibility index (Phi) is 5.47. The lowest BCUT2D eigenvalue weighted by Gasteiger charge is -2.16. The van der Waals surface area contributed by atoms with Crippen molar-refractivity contribution in [2.24, 2.45) is 0 Å². The molecule has 1 aromatic carbocycles. The zero-order valence-electron chi connectivity index (χ0n) is 10.4. The molecule has 1 atom stereocenters. The molecule has 3 nitrogen and oxygen atoms in total. The van der Waals surface area contributed by atoms with E-state index in [-0.39, 0.29) is 0 Å². The van der Waals surface area contributed by atoms with Crippen molar-refractivity contribution >= 4 is 15.9 Å². The van der Waals surface area contributed by atoms with Gasteiger partial charge in [0.05, 0.1) is 0 Å². The summed E-state index contributed by atoms with van der Waals surface area (Å²) in [6, 6.07) is 8.23. The van der Waals surface area contributed by atoms with E-state index in [0.29, 0.717) is 19.2 Å². The number of aliphatic hydroxyl groups excluding tert-OH is 1. The van der Waals surface area contributed by atoms with Gasteiger partial charge in [-0.25, -0.2) is 0 Å². The van der Waals surface area contributed by atoms with Crippen LogP contribution >= 0.6 is 15.9 Å². The molecule has 0 heterocycles. The summed E-state index contributed by atoms with van der Waals surface area (Å²) >= 11 is 3.37. The van der Waals surface area contributed by atoms with Gasteiger partial charge in [0.15, 0.2) is 0 Å². The Morgan fingerprint density at radius 2 is 1.94 bits per heavy atom. The normalized spacial score (nSPS) is 17.9. The zero-order valence-corrected chi connectivity index (χ0v) is 12.0. The third kappa shape index (κ3) is 4.59. The molecule has 0 aliphatic heterocycles. The van der Waals surface area contributed by atoms with E-state index in [4.69, 9.17) is 4.74 Å². The van der Waals surface area contributed by atoms with Crippen molar-refractivity contribution in [1.82, 2.24) is 5.32 Å². The molecule has 0 aromatic heterocycles. The molecule has 0 saturated heterocycles. The fourth-order valence-electron chi connectivity index (χ4n) is 2.21. The van der Waals surface area contributed by atoms with Crippen LogP contribution in [-0.4, -0.2) is 30.4 Å². The van der Waals surface area contributed by atoms with Crippen molar-refractivity contribution in [3.63, 3.8) is 0 Å². The second kappa shape index (κ2) is 7.12. The number of ether oxygens (including phenoxy) is 1. The summed E-state index contributed by atoms with van der Waals surface area (Å²) in [7, 11) is 0. The van der Waals surface area contributed by atoms with Crippen molar-refractivity contribution in [3.8, 4) is 5.75 Å². The number of hydrogen-bond acceptors (Lipinski definition) is 3. The van der Waals surface area contributed by atoms with E-state index < -0.39 is 6.10 Å². The summed E-state index contributed by atoms with van der Waals surface area (Å²) in [6.07, 6.45) is 4.64. The molecule has 2 rings (SSSR count). The Balaban J connectivity index is 1.64. The molecule has 1 aromatic rings. The topological polar surface area (TPSA) is 41.5 Å². The van der Waals surface area contributed by atoms with Gasteiger partial charge < -0.3 is 15.2 Å². The van der Waals surface area contributed by atoms with Crippen LogP contribution in [0, 0.1) is 0 Å². The molecule has 0 radical (unpaired) electrons. The molecule has 0 spiro atoms. The third-order valence-corrected chi connectivity index (χ3v) is 3.78. The van der Waals surface area contributed by atoms with Crippen molar-refractivity contribution in [3.05, 3.63) is 28.7 Å². The predicted octanol–water partition coefficient (Wildman–Crippen LogP) is 2.72. The van der Waals surface area contributed by atoms with E-state index in [1.165, 1.54) is 25.7 Å². The Bertz CT molecular complexity index is 349. The van der Waals surface area contributed by atoms with E-state index in [1.807, 2.05) is 24.3 Å². The monoisotopic (exact) mass is 313 g/mol. The summed E-state index contributed by atoms with van der Waals surface area (Å²) in [5, 5.41) is 13.2. The minimum atomic E-state index is -0.450. The van der Waals surface area contributed by atoms with Gasteiger partial charge in [-0.3, -0.25) is 0 Å². The maximum absolute atomic E-state index is 9.83. The first kappa shape index (κ1) is 13.8. The second-order valence-electron chi connectivity index (χ2n) is 4.81. The van der Waals surface area contributed by atoms with Gasteiger partial charge in [-0.1, -0.05) is 28.8 Å². The molecule has 1 fully saturated rings. The van der Waals surface area contributed by atoms with Crippen molar-refractivity contribution in [2.75, 3.05) is 13.2 Å². The number of benzene rings is 1. The molecular weight excluding hydrogens is 294 g/mol. The minimum absolute atomic E-state index is 0.335. The van der Waals surface area contributed by atoms with Crippen LogP contribution in [0.5, 0.6) is 5.75 Å². The summed E-state index contributed by atoms with van der Waals surface area (Å²) < 4.78 is 6.55. The molecule has 1 saturated carbocycles. The Hall–Kier alpha value is -0.580. The van der Waals surface area contributed by atoms with Gasteiger partial charge in [0.25, 0.3) is 0 Å². The lowest BCUT2D eigenvalue weighted by molar-refractivity contribution is 0.104. The molecular formula is C14H20BrNO2. The third-order valence-electron chi connectivity index (χ3n) is 3.25. The summed E-state index contributed by atoms with van der Waals surface area (Å²) in [6.45, 7) is 0.947. The molecule has 1 aliphatic rings. The Morgan fingerprint density at radius 3 is 2.61 bits per heavy atom. The van der Waals surface area contributed by atoms with E-state index >= 15 is 0 Å². The molecule has 100 valence electrons. The van der Waals surface area contributed by atoms with Crippen molar-refractivity contribution in [2.45, 2.75) is 37.8 Å². The van der Waals surface area contributed by atoms with E-state index in [1.54, 1.807) is 0 Å². The highest BCUT2D eigenvalue weighted by Gasteiger charge is 2.15. The van der Waals surface area contributed by atoms with Gasteiger partial charge in [0, 0.05) is 17.1 Å². The van der Waals surface area contributed by atoms with Crippen LogP contribution in [-0.2, 0) is 0 Å². The Labute approximate surface area is 117 Å². The lowest BCUT2D eigenvalue weighted by Crippen LogP contribution is -2.36. The van der Waals surface area contributed by atoms with Gasteiger partial charge in [0.1, 0.15) is 18.5 Å². The van der Waals surface area contributed by atoms with Gasteiger partial charge >= 0.3 is 0 Å². The van der Waals surface area contributed by atoms with Crippen LogP contribution in [0.1, 0.15) is 25.7 Å². The molecule has 0 bridgehead atoms. The molecule has 1 aliphatic carbocycles. The van der Waals surface area contributed by atoms with Crippen LogP contribution < -0.4 is 10.1 Å². The van der Waals surface area contributed by atoms with Crippen LogP contribution in [0.2, 0.25) is 0 Å². The zero-order chi connectivity index (χ0) is 12.8. The first-order valence-corrected chi connectivity index (χ1v) is 7.33. The van der Waals surface area contributed by atoms with Crippen LogP contribution in [0.25, 0.3) is 0 Å². The fraction of sp³-hybridized carbons (Fsp3) is 0.571. The quantitative estimate of drug-likeness (QED) is 0.848. The number of aliphatic hydroxyl groups is 1. The molecule has 18 heavy (non-hydrogen) atoms. The number of hydrogen-bond donors (Lipinski definition) is 2. The van der Waals surface area contributed by atoms with Gasteiger partial charge in [0.2, 0.25) is 0 Å². The maximum Gasteiger partial charge on any atom is 0.119 e. The SMILES string of the molecule is OC(CNC1CCCC1)COc1ccc(Br)cc1. The molecule has 4 heteroatoms. The highest BCUT2D eigenvalue weighted by atomic mass is 79.9. The van der Waals surface area contributed by atoms with E-state index in [2.05, 4.69) is 21.2 Å². The van der Waals surface area contributed by atoms with Crippen molar-refractivity contribution < 1.29 is 9.84 Å². The average molecular weight is 314 g/mol. The fourth-order valence-corrected chi connectivity index (χ4v) is 2.48. The maximum atomic E-state index is 9.83. The Morgan fingerprint density at radius 1 is 1.28 bits per heavy atom. The van der Waals surface area contributed by atoms with E-state index in [9.17, 15) is 5.11 Å². The molecule has 1 unspecified atom stereocenters. The smallest absolute Gasteiger partial charge is 0.119 e. The van der Waals surface area contributed by atoms with Crippen molar-refractivity contribution in [1.29, 1.82) is 0 Å². The molecule has 0 amide bonds. The summed E-state index contributed by atoms with van der Waals surface area (Å²) in [5.41, 5.74) is 0. The van der Waals surface area contributed by atoms with E-state index in [0.717, 1.165) is 10.2 Å². The highest BCUT2D eigenvalue weighted by Crippen LogP contribution is 2.18. The standard InChI is InChI=1S/C14H20BrNO2/c15-11-5-7-14(8-6-11)18-10-13(17)9-16-12-3-1-2-4-12/h5-8,12-13,16-17H,1-4,9-10H2. The van der Waals surface area contributed by atoms with Gasteiger partial charge in [-0.15, -0.1) is 0 Å². The van der Waals surface area contributed by atoms with Crippen LogP contribution in [0.3, 0.4) is 0 Å². The minimum Gasteiger partial charge on any atom is -0.491 e. The number of nitrogens with one attached hydrogen (secondary N) is 1. The van der Waals surface area contributed by atoms with Gasteiger partial charge in [-0.05, 0) is 37.1 Å². The predicted molar refractivity (Wildman–Crippen MR) is 75.9 cm³/mol. The first-order valence-electron chi connectivity index (χ1n) is 6.54. The summed E-state index contributed by atoms with van der Waals surface area (Å²) in [5.74, 6) is 0.790.